The number of carbonyl (C=O) groups excluding carboxylic acids is 1. The summed E-state index contributed by atoms with van der Waals surface area (Å²) < 4.78 is 18.2. The molecule has 1 atom stereocenters. The van der Waals surface area contributed by atoms with Crippen LogP contribution in [0.1, 0.15) is 36.4 Å². The van der Waals surface area contributed by atoms with Gasteiger partial charge >= 0.3 is 0 Å². The summed E-state index contributed by atoms with van der Waals surface area (Å²) in [6.07, 6.45) is 0.599. The lowest BCUT2D eigenvalue weighted by Gasteiger charge is -2.13. The zero-order valence-electron chi connectivity index (χ0n) is 14.7. The first kappa shape index (κ1) is 17.8. The summed E-state index contributed by atoms with van der Waals surface area (Å²) in [5, 5.41) is 6.84. The number of amides is 1. The standard InChI is InChI=1S/C20H20FN3O2/c1-13-3-5-16(6-4-13)20-23-19(26-24-20)12-11-18(25)22-14(2)15-7-9-17(21)10-8-15/h3-10,14H,11-12H2,1-2H3,(H,22,25)/t14-/m1/s1. The topological polar surface area (TPSA) is 68.0 Å². The van der Waals surface area contributed by atoms with E-state index >= 15 is 0 Å². The van der Waals surface area contributed by atoms with Crippen LogP contribution in [0, 0.1) is 12.7 Å². The molecule has 0 saturated heterocycles. The number of aromatic nitrogens is 2. The van der Waals surface area contributed by atoms with Gasteiger partial charge in [0.2, 0.25) is 17.6 Å². The molecule has 0 spiro atoms. The quantitative estimate of drug-likeness (QED) is 0.727. The monoisotopic (exact) mass is 353 g/mol. The molecule has 0 fully saturated rings. The average molecular weight is 353 g/mol. The molecule has 6 heteroatoms. The lowest BCUT2D eigenvalue weighted by Crippen LogP contribution is -2.26. The highest BCUT2D eigenvalue weighted by molar-refractivity contribution is 5.76. The van der Waals surface area contributed by atoms with Gasteiger partial charge in [-0.2, -0.15) is 4.98 Å². The summed E-state index contributed by atoms with van der Waals surface area (Å²) in [4.78, 5) is 16.4. The minimum atomic E-state index is -0.298. The van der Waals surface area contributed by atoms with Crippen LogP contribution in [-0.4, -0.2) is 16.0 Å². The number of aryl methyl sites for hydroxylation is 2. The summed E-state index contributed by atoms with van der Waals surface area (Å²) in [6, 6.07) is 13.7. The summed E-state index contributed by atoms with van der Waals surface area (Å²) in [5.41, 5.74) is 2.88. The molecule has 1 amide bonds. The maximum absolute atomic E-state index is 13.0. The number of hydrogen-bond donors (Lipinski definition) is 1. The van der Waals surface area contributed by atoms with Crippen molar-refractivity contribution in [2.24, 2.45) is 0 Å². The van der Waals surface area contributed by atoms with Crippen molar-refractivity contribution >= 4 is 5.91 Å². The molecular weight excluding hydrogens is 333 g/mol. The molecule has 134 valence electrons. The highest BCUT2D eigenvalue weighted by Crippen LogP contribution is 2.17. The fourth-order valence-corrected chi connectivity index (χ4v) is 2.55. The Balaban J connectivity index is 1.53. The van der Waals surface area contributed by atoms with Crippen molar-refractivity contribution in [3.8, 4) is 11.4 Å². The molecule has 3 rings (SSSR count). The van der Waals surface area contributed by atoms with Crippen molar-refractivity contribution in [2.45, 2.75) is 32.7 Å². The van der Waals surface area contributed by atoms with Gasteiger partial charge in [-0.25, -0.2) is 4.39 Å². The zero-order valence-corrected chi connectivity index (χ0v) is 14.7. The molecule has 5 nitrogen and oxygen atoms in total. The van der Waals surface area contributed by atoms with E-state index in [-0.39, 0.29) is 24.2 Å². The van der Waals surface area contributed by atoms with Gasteiger partial charge in [0.05, 0.1) is 6.04 Å². The van der Waals surface area contributed by atoms with Gasteiger partial charge in [0, 0.05) is 18.4 Å². The summed E-state index contributed by atoms with van der Waals surface area (Å²) >= 11 is 0. The first-order valence-electron chi connectivity index (χ1n) is 8.46. The molecule has 2 aromatic carbocycles. The molecule has 0 aliphatic rings. The van der Waals surface area contributed by atoms with Gasteiger partial charge < -0.3 is 9.84 Å². The highest BCUT2D eigenvalue weighted by atomic mass is 19.1. The van der Waals surface area contributed by atoms with Crippen molar-refractivity contribution in [3.05, 3.63) is 71.4 Å². The van der Waals surface area contributed by atoms with Gasteiger partial charge in [-0.3, -0.25) is 4.79 Å². The molecule has 0 radical (unpaired) electrons. The Morgan fingerprint density at radius 1 is 1.15 bits per heavy atom. The van der Waals surface area contributed by atoms with Crippen LogP contribution in [0.3, 0.4) is 0 Å². The Labute approximate surface area is 151 Å². The maximum Gasteiger partial charge on any atom is 0.227 e. The molecule has 1 heterocycles. The average Bonchev–Trinajstić information content (AvgIpc) is 3.10. The van der Waals surface area contributed by atoms with E-state index in [1.54, 1.807) is 12.1 Å². The van der Waals surface area contributed by atoms with Gasteiger partial charge in [0.1, 0.15) is 5.82 Å². The maximum atomic E-state index is 13.0. The second-order valence-corrected chi connectivity index (χ2v) is 6.22. The van der Waals surface area contributed by atoms with E-state index in [4.69, 9.17) is 4.52 Å². The van der Waals surface area contributed by atoms with E-state index in [1.807, 2.05) is 38.1 Å². The number of halogens is 1. The summed E-state index contributed by atoms with van der Waals surface area (Å²) in [6.45, 7) is 3.87. The molecule has 0 bridgehead atoms. The molecule has 26 heavy (non-hydrogen) atoms. The predicted molar refractivity (Wildman–Crippen MR) is 95.7 cm³/mol. The molecule has 0 aliphatic heterocycles. The van der Waals surface area contributed by atoms with Gasteiger partial charge in [0.25, 0.3) is 0 Å². The highest BCUT2D eigenvalue weighted by Gasteiger charge is 2.13. The first-order valence-corrected chi connectivity index (χ1v) is 8.46. The van der Waals surface area contributed by atoms with Crippen molar-refractivity contribution in [2.75, 3.05) is 0 Å². The molecule has 0 saturated carbocycles. The lowest BCUT2D eigenvalue weighted by atomic mass is 10.1. The van der Waals surface area contributed by atoms with Crippen molar-refractivity contribution in [3.63, 3.8) is 0 Å². The minimum absolute atomic E-state index is 0.128. The number of nitrogens with zero attached hydrogens (tertiary/aromatic N) is 2. The van der Waals surface area contributed by atoms with E-state index in [1.165, 1.54) is 12.1 Å². The van der Waals surface area contributed by atoms with E-state index < -0.39 is 0 Å². The van der Waals surface area contributed by atoms with Gasteiger partial charge in [-0.1, -0.05) is 47.1 Å². The number of benzene rings is 2. The smallest absolute Gasteiger partial charge is 0.227 e. The largest absolute Gasteiger partial charge is 0.350 e. The third-order valence-corrected chi connectivity index (χ3v) is 4.09. The predicted octanol–water partition coefficient (Wildman–Crippen LogP) is 3.99. The van der Waals surface area contributed by atoms with Crippen molar-refractivity contribution in [1.29, 1.82) is 0 Å². The van der Waals surface area contributed by atoms with Gasteiger partial charge in [-0.05, 0) is 31.5 Å². The van der Waals surface area contributed by atoms with Crippen LogP contribution in [0.2, 0.25) is 0 Å². The first-order chi connectivity index (χ1) is 12.5. The van der Waals surface area contributed by atoms with Gasteiger partial charge in [0.15, 0.2) is 0 Å². The fourth-order valence-electron chi connectivity index (χ4n) is 2.55. The summed E-state index contributed by atoms with van der Waals surface area (Å²) in [5.74, 6) is 0.509. The van der Waals surface area contributed by atoms with Crippen LogP contribution >= 0.6 is 0 Å². The Kier molecular flexibility index (Phi) is 5.41. The van der Waals surface area contributed by atoms with E-state index in [0.717, 1.165) is 16.7 Å². The van der Waals surface area contributed by atoms with Crippen molar-refractivity contribution < 1.29 is 13.7 Å². The van der Waals surface area contributed by atoms with E-state index in [0.29, 0.717) is 18.1 Å². The van der Waals surface area contributed by atoms with Gasteiger partial charge in [-0.15, -0.1) is 0 Å². The Bertz CT molecular complexity index is 873. The number of hydrogen-bond acceptors (Lipinski definition) is 4. The molecule has 1 aromatic heterocycles. The molecule has 1 N–H and O–H groups in total. The second kappa shape index (κ2) is 7.91. The third-order valence-electron chi connectivity index (χ3n) is 4.09. The lowest BCUT2D eigenvalue weighted by molar-refractivity contribution is -0.121. The zero-order chi connectivity index (χ0) is 18.5. The Hall–Kier alpha value is -3.02. The minimum Gasteiger partial charge on any atom is -0.350 e. The summed E-state index contributed by atoms with van der Waals surface area (Å²) in [7, 11) is 0. The Morgan fingerprint density at radius 2 is 1.85 bits per heavy atom. The number of carbonyl (C=O) groups is 1. The Morgan fingerprint density at radius 3 is 2.54 bits per heavy atom. The van der Waals surface area contributed by atoms with Crippen LogP contribution in [0.15, 0.2) is 53.1 Å². The number of nitrogens with one attached hydrogen (secondary N) is 1. The van der Waals surface area contributed by atoms with Crippen LogP contribution < -0.4 is 5.32 Å². The third kappa shape index (κ3) is 4.53. The molecule has 0 aliphatic carbocycles. The molecular formula is C20H20FN3O2. The second-order valence-electron chi connectivity index (χ2n) is 6.22. The fraction of sp³-hybridized carbons (Fsp3) is 0.250. The molecule has 3 aromatic rings. The van der Waals surface area contributed by atoms with Crippen LogP contribution in [-0.2, 0) is 11.2 Å². The van der Waals surface area contributed by atoms with Crippen LogP contribution in [0.5, 0.6) is 0 Å². The SMILES string of the molecule is Cc1ccc(-c2noc(CCC(=O)N[C@H](C)c3ccc(F)cc3)n2)cc1. The van der Waals surface area contributed by atoms with Crippen molar-refractivity contribution in [1.82, 2.24) is 15.5 Å². The number of rotatable bonds is 6. The van der Waals surface area contributed by atoms with Crippen LogP contribution in [0.4, 0.5) is 4.39 Å². The van der Waals surface area contributed by atoms with E-state index in [9.17, 15) is 9.18 Å². The molecule has 0 unspecified atom stereocenters. The normalized spacial score (nSPS) is 12.0. The van der Waals surface area contributed by atoms with E-state index in [2.05, 4.69) is 15.5 Å². The van der Waals surface area contributed by atoms with Crippen LogP contribution in [0.25, 0.3) is 11.4 Å².